The number of nitrogens with one attached hydrogen (secondary N) is 1. The molecule has 2 heterocycles. The molecule has 10 heteroatoms. The normalized spacial score (nSPS) is 25.6. The second kappa shape index (κ2) is 6.63. The molecule has 0 aromatic heterocycles. The SMILES string of the molecule is O=C(O)C1CCCN(C(=O)NC2CCN(CC(F)(F)F)C2=O)C1. The van der Waals surface area contributed by atoms with Crippen LogP contribution in [0.25, 0.3) is 0 Å². The van der Waals surface area contributed by atoms with Crippen LogP contribution in [0.2, 0.25) is 0 Å². The van der Waals surface area contributed by atoms with Crippen LogP contribution in [0, 0.1) is 5.92 Å². The fraction of sp³-hybridized carbons (Fsp3) is 0.769. The Kier molecular flexibility index (Phi) is 5.00. The number of carboxylic acid groups (broad SMARTS) is 1. The van der Waals surface area contributed by atoms with Gasteiger partial charge in [0.25, 0.3) is 0 Å². The second-order valence-corrected chi connectivity index (χ2v) is 5.79. The molecule has 2 fully saturated rings. The van der Waals surface area contributed by atoms with Gasteiger partial charge in [-0.2, -0.15) is 13.2 Å². The zero-order valence-electron chi connectivity index (χ0n) is 12.3. The Balaban J connectivity index is 1.88. The number of aliphatic carboxylic acids is 1. The molecule has 2 unspecified atom stereocenters. The van der Waals surface area contributed by atoms with Crippen LogP contribution >= 0.6 is 0 Å². The van der Waals surface area contributed by atoms with E-state index in [2.05, 4.69) is 5.32 Å². The molecule has 2 aliphatic rings. The van der Waals surface area contributed by atoms with Crippen LogP contribution in [0.5, 0.6) is 0 Å². The lowest BCUT2D eigenvalue weighted by Gasteiger charge is -2.31. The van der Waals surface area contributed by atoms with Crippen molar-refractivity contribution in [2.24, 2.45) is 5.92 Å². The number of carbonyl (C=O) groups is 3. The molecule has 0 aromatic carbocycles. The fourth-order valence-corrected chi connectivity index (χ4v) is 2.85. The monoisotopic (exact) mass is 337 g/mol. The number of piperidine rings is 1. The van der Waals surface area contributed by atoms with E-state index in [-0.39, 0.29) is 19.5 Å². The first-order valence-electron chi connectivity index (χ1n) is 7.31. The Bertz CT molecular complexity index is 497. The summed E-state index contributed by atoms with van der Waals surface area (Å²) in [5.74, 6) is -2.41. The number of carboxylic acids is 1. The highest BCUT2D eigenvalue weighted by atomic mass is 19.4. The van der Waals surface area contributed by atoms with E-state index in [1.54, 1.807) is 0 Å². The van der Waals surface area contributed by atoms with Crippen molar-refractivity contribution >= 4 is 17.9 Å². The number of rotatable bonds is 3. The van der Waals surface area contributed by atoms with E-state index < -0.39 is 42.6 Å². The molecular formula is C13H18F3N3O4. The summed E-state index contributed by atoms with van der Waals surface area (Å²) in [5.41, 5.74) is 0. The van der Waals surface area contributed by atoms with Gasteiger partial charge in [-0.05, 0) is 19.3 Å². The summed E-state index contributed by atoms with van der Waals surface area (Å²) < 4.78 is 37.0. The topological polar surface area (TPSA) is 89.9 Å². The van der Waals surface area contributed by atoms with Gasteiger partial charge >= 0.3 is 18.2 Å². The maximum Gasteiger partial charge on any atom is 0.406 e. The van der Waals surface area contributed by atoms with E-state index in [1.165, 1.54) is 4.90 Å². The molecule has 0 bridgehead atoms. The van der Waals surface area contributed by atoms with Gasteiger partial charge in [0.2, 0.25) is 5.91 Å². The van der Waals surface area contributed by atoms with E-state index in [0.29, 0.717) is 24.3 Å². The Morgan fingerprint density at radius 2 is 1.96 bits per heavy atom. The van der Waals surface area contributed by atoms with Crippen molar-refractivity contribution in [1.82, 2.24) is 15.1 Å². The average molecular weight is 337 g/mol. The minimum atomic E-state index is -4.48. The average Bonchev–Trinajstić information content (AvgIpc) is 2.78. The maximum absolute atomic E-state index is 12.3. The quantitative estimate of drug-likeness (QED) is 0.791. The number of carbonyl (C=O) groups excluding carboxylic acids is 2. The van der Waals surface area contributed by atoms with Crippen molar-refractivity contribution in [2.45, 2.75) is 31.5 Å². The van der Waals surface area contributed by atoms with Crippen molar-refractivity contribution in [1.29, 1.82) is 0 Å². The van der Waals surface area contributed by atoms with Crippen LogP contribution < -0.4 is 5.32 Å². The van der Waals surface area contributed by atoms with Gasteiger partial charge in [-0.1, -0.05) is 0 Å². The summed E-state index contributed by atoms with van der Waals surface area (Å²) >= 11 is 0. The highest BCUT2D eigenvalue weighted by molar-refractivity contribution is 5.88. The number of hydrogen-bond donors (Lipinski definition) is 2. The summed E-state index contributed by atoms with van der Waals surface area (Å²) in [6.07, 6.45) is -3.36. The Hall–Kier alpha value is -2.00. The molecule has 2 atom stereocenters. The first-order chi connectivity index (χ1) is 10.7. The van der Waals surface area contributed by atoms with Crippen LogP contribution in [0.4, 0.5) is 18.0 Å². The molecule has 0 aromatic rings. The van der Waals surface area contributed by atoms with Crippen molar-refractivity contribution in [3.8, 4) is 0 Å². The number of urea groups is 1. The molecule has 0 spiro atoms. The number of nitrogens with zero attached hydrogens (tertiary/aromatic N) is 2. The summed E-state index contributed by atoms with van der Waals surface area (Å²) in [6.45, 7) is -0.999. The van der Waals surface area contributed by atoms with Gasteiger partial charge < -0.3 is 20.2 Å². The van der Waals surface area contributed by atoms with E-state index in [0.717, 1.165) is 0 Å². The van der Waals surface area contributed by atoms with Gasteiger partial charge in [0.05, 0.1) is 5.92 Å². The molecule has 3 amide bonds. The van der Waals surface area contributed by atoms with Crippen LogP contribution in [0.3, 0.4) is 0 Å². The zero-order chi connectivity index (χ0) is 17.2. The first kappa shape index (κ1) is 17.4. The minimum Gasteiger partial charge on any atom is -0.481 e. The molecule has 7 nitrogen and oxygen atoms in total. The lowest BCUT2D eigenvalue weighted by Crippen LogP contribution is -2.51. The fourth-order valence-electron chi connectivity index (χ4n) is 2.85. The van der Waals surface area contributed by atoms with E-state index in [9.17, 15) is 27.6 Å². The molecule has 2 rings (SSSR count). The van der Waals surface area contributed by atoms with Crippen molar-refractivity contribution in [3.05, 3.63) is 0 Å². The molecule has 2 N–H and O–H groups in total. The smallest absolute Gasteiger partial charge is 0.406 e. The van der Waals surface area contributed by atoms with Gasteiger partial charge in [-0.3, -0.25) is 9.59 Å². The largest absolute Gasteiger partial charge is 0.481 e. The molecular weight excluding hydrogens is 319 g/mol. The number of halogens is 3. The molecule has 2 saturated heterocycles. The van der Waals surface area contributed by atoms with E-state index >= 15 is 0 Å². The third-order valence-corrected chi connectivity index (χ3v) is 4.02. The van der Waals surface area contributed by atoms with Gasteiger partial charge in [0.15, 0.2) is 0 Å². The molecule has 2 aliphatic heterocycles. The van der Waals surface area contributed by atoms with Crippen molar-refractivity contribution < 1.29 is 32.7 Å². The summed E-state index contributed by atoms with van der Waals surface area (Å²) in [6, 6.07) is -1.60. The van der Waals surface area contributed by atoms with Crippen LogP contribution in [0.15, 0.2) is 0 Å². The van der Waals surface area contributed by atoms with Gasteiger partial charge in [-0.15, -0.1) is 0 Å². The highest BCUT2D eigenvalue weighted by Gasteiger charge is 2.40. The van der Waals surface area contributed by atoms with E-state index in [4.69, 9.17) is 5.11 Å². The first-order valence-corrected chi connectivity index (χ1v) is 7.31. The van der Waals surface area contributed by atoms with Crippen molar-refractivity contribution in [3.63, 3.8) is 0 Å². The third-order valence-electron chi connectivity index (χ3n) is 4.02. The van der Waals surface area contributed by atoms with Gasteiger partial charge in [-0.25, -0.2) is 4.79 Å². The molecule has 0 radical (unpaired) electrons. The van der Waals surface area contributed by atoms with E-state index in [1.807, 2.05) is 0 Å². The predicted molar refractivity (Wildman–Crippen MR) is 71.5 cm³/mol. The zero-order valence-corrected chi connectivity index (χ0v) is 12.3. The number of alkyl halides is 3. The molecule has 130 valence electrons. The lowest BCUT2D eigenvalue weighted by molar-refractivity contribution is -0.157. The second-order valence-electron chi connectivity index (χ2n) is 5.79. The lowest BCUT2D eigenvalue weighted by atomic mass is 9.99. The molecule has 0 aliphatic carbocycles. The highest BCUT2D eigenvalue weighted by Crippen LogP contribution is 2.21. The Morgan fingerprint density at radius 1 is 1.26 bits per heavy atom. The standard InChI is InChI=1S/C13H18F3N3O4/c14-13(15,16)7-19-5-3-9(10(19)20)17-12(23)18-4-1-2-8(6-18)11(21)22/h8-9H,1-7H2,(H,17,23)(H,21,22). The minimum absolute atomic E-state index is 0.0361. The Morgan fingerprint density at radius 3 is 2.57 bits per heavy atom. The molecule has 23 heavy (non-hydrogen) atoms. The summed E-state index contributed by atoms with van der Waals surface area (Å²) in [7, 11) is 0. The summed E-state index contributed by atoms with van der Waals surface area (Å²) in [5, 5.41) is 11.4. The van der Waals surface area contributed by atoms with Gasteiger partial charge in [0.1, 0.15) is 12.6 Å². The van der Waals surface area contributed by atoms with Gasteiger partial charge in [0, 0.05) is 19.6 Å². The van der Waals surface area contributed by atoms with Crippen LogP contribution in [-0.4, -0.2) is 71.2 Å². The number of likely N-dealkylation sites (tertiary alicyclic amines) is 2. The Labute approximate surface area is 130 Å². The summed E-state index contributed by atoms with van der Waals surface area (Å²) in [4.78, 5) is 36.9. The van der Waals surface area contributed by atoms with Crippen LogP contribution in [0.1, 0.15) is 19.3 Å². The van der Waals surface area contributed by atoms with Crippen molar-refractivity contribution in [2.75, 3.05) is 26.2 Å². The maximum atomic E-state index is 12.3. The number of amides is 3. The third kappa shape index (κ3) is 4.49. The predicted octanol–water partition coefficient (Wildman–Crippen LogP) is 0.656. The molecule has 0 saturated carbocycles. The number of hydrogen-bond acceptors (Lipinski definition) is 3. The van der Waals surface area contributed by atoms with Crippen LogP contribution in [-0.2, 0) is 9.59 Å².